The fourth-order valence-corrected chi connectivity index (χ4v) is 1.00. The highest BCUT2D eigenvalue weighted by Gasteiger charge is 2.05. The van der Waals surface area contributed by atoms with E-state index < -0.39 is 0 Å². The Balaban J connectivity index is 2.20. The molecular weight excluding hydrogens is 156 g/mol. The number of nitrogens with two attached hydrogens (primary N) is 1. The van der Waals surface area contributed by atoms with Crippen molar-refractivity contribution < 1.29 is 8.94 Å². The first-order valence-corrected chi connectivity index (χ1v) is 3.57. The van der Waals surface area contributed by atoms with Crippen LogP contribution >= 0.6 is 0 Å². The summed E-state index contributed by atoms with van der Waals surface area (Å²) >= 11 is 0. The van der Waals surface area contributed by atoms with E-state index in [0.717, 1.165) is 11.3 Å². The molecule has 0 saturated heterocycles. The maximum Gasteiger partial charge on any atom is 0.225 e. The summed E-state index contributed by atoms with van der Waals surface area (Å²) in [7, 11) is 0. The minimum atomic E-state index is 0.353. The van der Waals surface area contributed by atoms with E-state index >= 15 is 0 Å². The summed E-state index contributed by atoms with van der Waals surface area (Å²) in [6, 6.07) is 3.71. The van der Waals surface area contributed by atoms with Crippen molar-refractivity contribution in [3.05, 3.63) is 35.9 Å². The molecule has 0 unspecified atom stereocenters. The summed E-state index contributed by atoms with van der Waals surface area (Å²) in [5.41, 5.74) is 6.34. The van der Waals surface area contributed by atoms with Crippen LogP contribution in [0.4, 0.5) is 5.88 Å². The van der Waals surface area contributed by atoms with Crippen LogP contribution in [0.2, 0.25) is 0 Å². The van der Waals surface area contributed by atoms with Crippen molar-refractivity contribution in [2.45, 2.75) is 6.42 Å². The quantitative estimate of drug-likeness (QED) is 0.729. The Morgan fingerprint density at radius 3 is 3.00 bits per heavy atom. The van der Waals surface area contributed by atoms with Crippen LogP contribution in [0.5, 0.6) is 0 Å². The van der Waals surface area contributed by atoms with Gasteiger partial charge in [0.25, 0.3) is 0 Å². The lowest BCUT2D eigenvalue weighted by molar-refractivity contribution is 0.435. The molecule has 62 valence electrons. The van der Waals surface area contributed by atoms with Crippen LogP contribution in [0.25, 0.3) is 0 Å². The maximum absolute atomic E-state index is 5.49. The van der Waals surface area contributed by atoms with Gasteiger partial charge in [-0.3, -0.25) is 0 Å². The van der Waals surface area contributed by atoms with Crippen LogP contribution in [0.3, 0.4) is 0 Å². The second-order valence-corrected chi connectivity index (χ2v) is 2.47. The van der Waals surface area contributed by atoms with Crippen LogP contribution in [0, 0.1) is 0 Å². The third-order valence-electron chi connectivity index (χ3n) is 1.62. The lowest BCUT2D eigenvalue weighted by Crippen LogP contribution is -1.89. The van der Waals surface area contributed by atoms with Crippen molar-refractivity contribution in [2.24, 2.45) is 0 Å². The Labute approximate surface area is 69.0 Å². The number of nitrogen functional groups attached to an aromatic ring is 1. The molecule has 0 aliphatic carbocycles. The van der Waals surface area contributed by atoms with Gasteiger partial charge in [0.15, 0.2) is 0 Å². The van der Waals surface area contributed by atoms with Gasteiger partial charge in [0, 0.05) is 12.0 Å². The van der Waals surface area contributed by atoms with E-state index in [9.17, 15) is 0 Å². The van der Waals surface area contributed by atoms with Gasteiger partial charge in [-0.1, -0.05) is 5.16 Å². The Bertz CT molecular complexity index is 351. The van der Waals surface area contributed by atoms with Gasteiger partial charge in [-0.15, -0.1) is 0 Å². The summed E-state index contributed by atoms with van der Waals surface area (Å²) in [6.07, 6.45) is 3.85. The molecule has 0 aliphatic rings. The van der Waals surface area contributed by atoms with Gasteiger partial charge in [0.1, 0.15) is 5.76 Å². The van der Waals surface area contributed by atoms with Crippen molar-refractivity contribution in [3.8, 4) is 0 Å². The van der Waals surface area contributed by atoms with Crippen LogP contribution in [0.15, 0.2) is 33.5 Å². The van der Waals surface area contributed by atoms with E-state index in [-0.39, 0.29) is 0 Å². The molecule has 2 aromatic heterocycles. The number of anilines is 1. The smallest absolute Gasteiger partial charge is 0.225 e. The number of furan rings is 1. The molecule has 2 rings (SSSR count). The number of hydrogen-bond acceptors (Lipinski definition) is 4. The first-order chi connectivity index (χ1) is 5.86. The summed E-state index contributed by atoms with van der Waals surface area (Å²) in [5, 5.41) is 3.56. The molecule has 0 atom stereocenters. The van der Waals surface area contributed by atoms with E-state index in [4.69, 9.17) is 14.7 Å². The second-order valence-electron chi connectivity index (χ2n) is 2.47. The molecule has 12 heavy (non-hydrogen) atoms. The number of rotatable bonds is 2. The maximum atomic E-state index is 5.49. The van der Waals surface area contributed by atoms with Crippen molar-refractivity contribution in [1.29, 1.82) is 0 Å². The topological polar surface area (TPSA) is 65.2 Å². The Hall–Kier alpha value is -1.71. The number of aromatic nitrogens is 1. The van der Waals surface area contributed by atoms with E-state index in [1.54, 1.807) is 12.5 Å². The molecule has 0 amide bonds. The second kappa shape index (κ2) is 2.73. The fraction of sp³-hybridized carbons (Fsp3) is 0.125. The highest BCUT2D eigenvalue weighted by Crippen LogP contribution is 2.15. The SMILES string of the molecule is Nc1oncc1Cc1ccco1. The van der Waals surface area contributed by atoms with Crippen LogP contribution in [-0.4, -0.2) is 5.16 Å². The molecule has 0 saturated carbocycles. The Morgan fingerprint density at radius 2 is 2.42 bits per heavy atom. The molecule has 0 spiro atoms. The van der Waals surface area contributed by atoms with E-state index in [2.05, 4.69) is 5.16 Å². The average Bonchev–Trinajstić information content (AvgIpc) is 2.65. The minimum absolute atomic E-state index is 0.353. The number of hydrogen-bond donors (Lipinski definition) is 1. The predicted octanol–water partition coefficient (Wildman–Crippen LogP) is 1.44. The van der Waals surface area contributed by atoms with Gasteiger partial charge >= 0.3 is 0 Å². The zero-order valence-corrected chi connectivity index (χ0v) is 6.36. The van der Waals surface area contributed by atoms with Gasteiger partial charge in [0.2, 0.25) is 5.88 Å². The van der Waals surface area contributed by atoms with Crippen LogP contribution < -0.4 is 5.73 Å². The van der Waals surface area contributed by atoms with Gasteiger partial charge in [-0.2, -0.15) is 0 Å². The lowest BCUT2D eigenvalue weighted by Gasteiger charge is -1.91. The van der Waals surface area contributed by atoms with Gasteiger partial charge in [-0.25, -0.2) is 0 Å². The highest BCUT2D eigenvalue weighted by atomic mass is 16.5. The summed E-state index contributed by atoms with van der Waals surface area (Å²) in [4.78, 5) is 0. The third-order valence-corrected chi connectivity index (χ3v) is 1.62. The van der Waals surface area contributed by atoms with Crippen molar-refractivity contribution in [3.63, 3.8) is 0 Å². The molecule has 4 heteroatoms. The Kier molecular flexibility index (Phi) is 1.59. The monoisotopic (exact) mass is 164 g/mol. The van der Waals surface area contributed by atoms with E-state index in [1.165, 1.54) is 0 Å². The fourth-order valence-electron chi connectivity index (χ4n) is 1.00. The molecule has 0 aromatic carbocycles. The normalized spacial score (nSPS) is 10.3. The van der Waals surface area contributed by atoms with Crippen LogP contribution in [-0.2, 0) is 6.42 Å². The molecule has 0 radical (unpaired) electrons. The largest absolute Gasteiger partial charge is 0.469 e. The van der Waals surface area contributed by atoms with Crippen molar-refractivity contribution in [1.82, 2.24) is 5.16 Å². The molecule has 4 nitrogen and oxygen atoms in total. The molecular formula is C8H8N2O2. The van der Waals surface area contributed by atoms with Gasteiger partial charge < -0.3 is 14.7 Å². The molecule has 0 fully saturated rings. The number of nitrogens with zero attached hydrogens (tertiary/aromatic N) is 1. The highest BCUT2D eigenvalue weighted by molar-refractivity contribution is 5.35. The van der Waals surface area contributed by atoms with Gasteiger partial charge in [0.05, 0.1) is 12.5 Å². The molecule has 0 bridgehead atoms. The van der Waals surface area contributed by atoms with Crippen LogP contribution in [0.1, 0.15) is 11.3 Å². The first kappa shape index (κ1) is 6.97. The molecule has 2 aromatic rings. The standard InChI is InChI=1S/C8H8N2O2/c9-8-6(5-10-12-8)4-7-2-1-3-11-7/h1-3,5H,4,9H2. The summed E-state index contributed by atoms with van der Waals surface area (Å²) in [6.45, 7) is 0. The van der Waals surface area contributed by atoms with E-state index in [0.29, 0.717) is 12.3 Å². The molecule has 0 aliphatic heterocycles. The molecule has 2 N–H and O–H groups in total. The Morgan fingerprint density at radius 1 is 1.50 bits per heavy atom. The van der Waals surface area contributed by atoms with E-state index in [1.807, 2.05) is 12.1 Å². The van der Waals surface area contributed by atoms with Gasteiger partial charge in [-0.05, 0) is 12.1 Å². The first-order valence-electron chi connectivity index (χ1n) is 3.57. The zero-order chi connectivity index (χ0) is 8.39. The zero-order valence-electron chi connectivity index (χ0n) is 6.36. The predicted molar refractivity (Wildman–Crippen MR) is 42.4 cm³/mol. The van der Waals surface area contributed by atoms with Crippen molar-refractivity contribution >= 4 is 5.88 Å². The third kappa shape index (κ3) is 1.18. The summed E-state index contributed by atoms with van der Waals surface area (Å²) < 4.78 is 9.84. The average molecular weight is 164 g/mol. The summed E-state index contributed by atoms with van der Waals surface area (Å²) in [5.74, 6) is 1.20. The van der Waals surface area contributed by atoms with Crippen molar-refractivity contribution in [2.75, 3.05) is 5.73 Å². The molecule has 2 heterocycles. The lowest BCUT2D eigenvalue weighted by atomic mass is 10.2. The minimum Gasteiger partial charge on any atom is -0.469 e.